The number of carboxylic acid groups (broad SMARTS) is 1. The van der Waals surface area contributed by atoms with Gasteiger partial charge < -0.3 is 10.0 Å². The Kier molecular flexibility index (Phi) is 3.62. The fourth-order valence-electron chi connectivity index (χ4n) is 3.63. The highest BCUT2D eigenvalue weighted by atomic mass is 35.5. The maximum absolute atomic E-state index is 12.6. The maximum atomic E-state index is 12.6. The van der Waals surface area contributed by atoms with Crippen LogP contribution < -0.4 is 0 Å². The number of fused-ring (bicyclic) bond motifs is 1. The molecule has 0 radical (unpaired) electrons. The Morgan fingerprint density at radius 3 is 2.76 bits per heavy atom. The molecule has 1 aliphatic heterocycles. The average Bonchev–Trinajstić information content (AvgIpc) is 2.98. The number of nitrogens with zero attached hydrogens (tertiary/aromatic N) is 1. The minimum Gasteiger partial charge on any atom is -0.481 e. The largest absolute Gasteiger partial charge is 0.481 e. The zero-order valence-electron chi connectivity index (χ0n) is 11.3. The second-order valence-electron chi connectivity index (χ2n) is 5.84. The molecule has 1 aliphatic carbocycles. The van der Waals surface area contributed by atoms with Gasteiger partial charge in [-0.2, -0.15) is 0 Å². The van der Waals surface area contributed by atoms with Crippen molar-refractivity contribution < 1.29 is 14.7 Å². The minimum atomic E-state index is -0.794. The number of aliphatic carboxylic acids is 1. The van der Waals surface area contributed by atoms with Crippen LogP contribution in [0.25, 0.3) is 0 Å². The first kappa shape index (κ1) is 14.7. The molecule has 4 nitrogen and oxygen atoms in total. The zero-order valence-corrected chi connectivity index (χ0v) is 12.8. The van der Waals surface area contributed by atoms with Crippen LogP contribution in [0.2, 0.25) is 10.0 Å². The molecule has 2 atom stereocenters. The van der Waals surface area contributed by atoms with E-state index in [9.17, 15) is 14.7 Å². The number of rotatable bonds is 2. The smallest absolute Gasteiger partial charge is 0.311 e. The van der Waals surface area contributed by atoms with E-state index < -0.39 is 11.4 Å². The Labute approximate surface area is 132 Å². The van der Waals surface area contributed by atoms with Crippen LogP contribution in [0.4, 0.5) is 0 Å². The van der Waals surface area contributed by atoms with Gasteiger partial charge in [-0.25, -0.2) is 0 Å². The van der Waals surface area contributed by atoms with E-state index in [-0.39, 0.29) is 23.4 Å². The summed E-state index contributed by atoms with van der Waals surface area (Å²) >= 11 is 12.0. The predicted molar refractivity (Wildman–Crippen MR) is 79.8 cm³/mol. The van der Waals surface area contributed by atoms with Gasteiger partial charge in [0.25, 0.3) is 5.91 Å². The van der Waals surface area contributed by atoms with E-state index >= 15 is 0 Å². The third-order valence-corrected chi connectivity index (χ3v) is 5.58. The first-order chi connectivity index (χ1) is 9.95. The van der Waals surface area contributed by atoms with Crippen LogP contribution in [-0.4, -0.2) is 35.0 Å². The second-order valence-corrected chi connectivity index (χ2v) is 6.62. The Morgan fingerprint density at radius 2 is 2.10 bits per heavy atom. The van der Waals surface area contributed by atoms with Crippen LogP contribution in [0.15, 0.2) is 18.2 Å². The average molecular weight is 328 g/mol. The van der Waals surface area contributed by atoms with Crippen LogP contribution in [0.1, 0.15) is 29.6 Å². The number of amides is 1. The van der Waals surface area contributed by atoms with Crippen molar-refractivity contribution in [1.29, 1.82) is 0 Å². The van der Waals surface area contributed by atoms with Crippen molar-refractivity contribution in [2.75, 3.05) is 13.1 Å². The summed E-state index contributed by atoms with van der Waals surface area (Å²) in [7, 11) is 0. The van der Waals surface area contributed by atoms with Crippen molar-refractivity contribution >= 4 is 35.1 Å². The molecule has 0 unspecified atom stereocenters. The third kappa shape index (κ3) is 2.21. The normalized spacial score (nSPS) is 27.7. The second kappa shape index (κ2) is 5.18. The van der Waals surface area contributed by atoms with Gasteiger partial charge in [0.1, 0.15) is 0 Å². The number of benzene rings is 1. The summed E-state index contributed by atoms with van der Waals surface area (Å²) in [6, 6.07) is 4.92. The summed E-state index contributed by atoms with van der Waals surface area (Å²) < 4.78 is 0. The predicted octanol–water partition coefficient (Wildman–Crippen LogP) is 3.32. The quantitative estimate of drug-likeness (QED) is 0.906. The first-order valence-electron chi connectivity index (χ1n) is 6.92. The van der Waals surface area contributed by atoms with Crippen molar-refractivity contribution in [3.8, 4) is 0 Å². The molecule has 0 bridgehead atoms. The van der Waals surface area contributed by atoms with E-state index in [1.165, 1.54) is 0 Å². The van der Waals surface area contributed by atoms with Gasteiger partial charge in [0.05, 0.1) is 21.0 Å². The van der Waals surface area contributed by atoms with Gasteiger partial charge in [-0.3, -0.25) is 9.59 Å². The lowest BCUT2D eigenvalue weighted by Gasteiger charge is -2.23. The van der Waals surface area contributed by atoms with Crippen LogP contribution >= 0.6 is 23.2 Å². The summed E-state index contributed by atoms with van der Waals surface area (Å²) in [6.07, 6.45) is 2.41. The number of carboxylic acids is 1. The highest BCUT2D eigenvalue weighted by Gasteiger charge is 2.55. The Morgan fingerprint density at radius 1 is 1.33 bits per heavy atom. The molecule has 0 spiro atoms. The minimum absolute atomic E-state index is 0.0388. The van der Waals surface area contributed by atoms with Gasteiger partial charge in [0.15, 0.2) is 0 Å². The number of carbonyl (C=O) groups is 2. The van der Waals surface area contributed by atoms with Gasteiger partial charge in [0.2, 0.25) is 0 Å². The summed E-state index contributed by atoms with van der Waals surface area (Å²) in [5, 5.41) is 10.1. The Bertz CT molecular complexity index is 619. The van der Waals surface area contributed by atoms with Crippen LogP contribution in [0, 0.1) is 11.3 Å². The summed E-state index contributed by atoms with van der Waals surface area (Å²) in [4.78, 5) is 25.9. The van der Waals surface area contributed by atoms with Crippen LogP contribution in [0.3, 0.4) is 0 Å². The molecule has 112 valence electrons. The van der Waals surface area contributed by atoms with Gasteiger partial charge in [-0.1, -0.05) is 35.7 Å². The molecule has 0 aromatic heterocycles. The van der Waals surface area contributed by atoms with Crippen LogP contribution in [-0.2, 0) is 4.79 Å². The van der Waals surface area contributed by atoms with Gasteiger partial charge in [-0.15, -0.1) is 0 Å². The molecular formula is C15H15Cl2NO3. The molecule has 1 aromatic carbocycles. The SMILES string of the molecule is O=C(c1cccc(Cl)c1Cl)N1C[C@@H]2CCC[C@@]2(C(=O)O)C1. The summed E-state index contributed by atoms with van der Waals surface area (Å²) in [5.74, 6) is -0.994. The molecule has 6 heteroatoms. The summed E-state index contributed by atoms with van der Waals surface area (Å²) in [5.41, 5.74) is -0.439. The molecule has 1 amide bonds. The zero-order chi connectivity index (χ0) is 15.2. The number of carbonyl (C=O) groups excluding carboxylic acids is 1. The van der Waals surface area contributed by atoms with Gasteiger partial charge in [-0.05, 0) is 30.9 Å². The Balaban J connectivity index is 1.88. The van der Waals surface area contributed by atoms with Gasteiger partial charge >= 0.3 is 5.97 Å². The summed E-state index contributed by atoms with van der Waals surface area (Å²) in [6.45, 7) is 0.739. The highest BCUT2D eigenvalue weighted by molar-refractivity contribution is 6.43. The molecule has 2 fully saturated rings. The molecule has 1 heterocycles. The van der Waals surface area contributed by atoms with E-state index in [0.717, 1.165) is 12.8 Å². The molecule has 21 heavy (non-hydrogen) atoms. The van der Waals surface area contributed by atoms with Crippen molar-refractivity contribution in [3.05, 3.63) is 33.8 Å². The fraction of sp³-hybridized carbons (Fsp3) is 0.467. The number of likely N-dealkylation sites (tertiary alicyclic amines) is 1. The number of hydrogen-bond acceptors (Lipinski definition) is 2. The van der Waals surface area contributed by atoms with Crippen molar-refractivity contribution in [2.24, 2.45) is 11.3 Å². The molecule has 1 N–H and O–H groups in total. The number of halogens is 2. The lowest BCUT2D eigenvalue weighted by atomic mass is 9.81. The van der Waals surface area contributed by atoms with Crippen molar-refractivity contribution in [1.82, 2.24) is 4.90 Å². The van der Waals surface area contributed by atoms with Crippen molar-refractivity contribution in [2.45, 2.75) is 19.3 Å². The molecule has 1 aromatic rings. The molecule has 1 saturated heterocycles. The molecule has 1 saturated carbocycles. The molecule has 2 aliphatic rings. The lowest BCUT2D eigenvalue weighted by molar-refractivity contribution is -0.149. The molecule has 3 rings (SSSR count). The molecular weight excluding hydrogens is 313 g/mol. The first-order valence-corrected chi connectivity index (χ1v) is 7.68. The van der Waals surface area contributed by atoms with Crippen molar-refractivity contribution in [3.63, 3.8) is 0 Å². The number of hydrogen-bond donors (Lipinski definition) is 1. The van der Waals surface area contributed by atoms with E-state index in [4.69, 9.17) is 23.2 Å². The standard InChI is InChI=1S/C15H15Cl2NO3/c16-11-5-1-4-10(12(11)17)13(19)18-7-9-3-2-6-15(9,8-18)14(20)21/h1,4-5,9H,2-3,6-8H2,(H,20,21)/t9-,15+/m0/s1. The van der Waals surface area contributed by atoms with E-state index in [0.29, 0.717) is 23.6 Å². The Hall–Kier alpha value is -1.26. The highest BCUT2D eigenvalue weighted by Crippen LogP contribution is 2.49. The third-order valence-electron chi connectivity index (χ3n) is 4.77. The lowest BCUT2D eigenvalue weighted by Crippen LogP contribution is -2.37. The van der Waals surface area contributed by atoms with Gasteiger partial charge in [0, 0.05) is 13.1 Å². The topological polar surface area (TPSA) is 57.6 Å². The monoisotopic (exact) mass is 327 g/mol. The van der Waals surface area contributed by atoms with E-state index in [2.05, 4.69) is 0 Å². The van der Waals surface area contributed by atoms with E-state index in [1.807, 2.05) is 0 Å². The van der Waals surface area contributed by atoms with Crippen LogP contribution in [0.5, 0.6) is 0 Å². The fourth-order valence-corrected chi connectivity index (χ4v) is 4.01. The van der Waals surface area contributed by atoms with E-state index in [1.54, 1.807) is 23.1 Å². The maximum Gasteiger partial charge on any atom is 0.311 e.